The molecule has 0 spiro atoms. The molecule has 0 unspecified atom stereocenters. The van der Waals surface area contributed by atoms with Crippen LogP contribution >= 0.6 is 0 Å². The summed E-state index contributed by atoms with van der Waals surface area (Å²) in [5, 5.41) is 9.18. The van der Waals surface area contributed by atoms with Gasteiger partial charge in [0.2, 0.25) is 0 Å². The van der Waals surface area contributed by atoms with Gasteiger partial charge in [0.1, 0.15) is 11.2 Å². The third-order valence-corrected chi connectivity index (χ3v) is 10.2. The van der Waals surface area contributed by atoms with Crippen LogP contribution in [0.1, 0.15) is 0 Å². The van der Waals surface area contributed by atoms with Gasteiger partial charge in [-0.05, 0) is 64.0 Å². The summed E-state index contributed by atoms with van der Waals surface area (Å²) < 4.78 is 9.19. The van der Waals surface area contributed by atoms with Crippen LogP contribution in [0.25, 0.3) is 105 Å². The molecule has 0 aliphatic carbocycles. The Morgan fingerprint density at radius 1 is 0.404 bits per heavy atom. The standard InChI is InChI=1S/C47H28N4O/c1-2-13-30(14-3-1)45-48-46(34-23-22-29-12-4-5-15-31(29)26-34)50-47(49-45)37-24-25-40(43-36-19-9-11-21-42(36)52-44(37)43)51-39-20-10-8-18-35(39)38-27-32-16-6-7-17-33(32)28-41(38)51/h1-28H. The van der Waals surface area contributed by atoms with Crippen molar-refractivity contribution in [3.05, 3.63) is 170 Å². The van der Waals surface area contributed by atoms with Crippen LogP contribution in [-0.4, -0.2) is 19.5 Å². The smallest absolute Gasteiger partial charge is 0.167 e. The van der Waals surface area contributed by atoms with Gasteiger partial charge in [-0.25, -0.2) is 15.0 Å². The molecule has 52 heavy (non-hydrogen) atoms. The van der Waals surface area contributed by atoms with Crippen LogP contribution in [-0.2, 0) is 0 Å². The van der Waals surface area contributed by atoms with Crippen LogP contribution in [0.5, 0.6) is 0 Å². The second kappa shape index (κ2) is 11.2. The SMILES string of the molecule is c1ccc(-c2nc(-c3ccc4ccccc4c3)nc(-c3ccc(-n4c5ccccc5c5cc6ccccc6cc54)c4c3oc3ccccc34)n2)cc1. The van der Waals surface area contributed by atoms with Gasteiger partial charge in [0, 0.05) is 27.3 Å². The number of fused-ring (bicyclic) bond motifs is 8. The molecule has 11 rings (SSSR count). The second-order valence-corrected chi connectivity index (χ2v) is 13.2. The van der Waals surface area contributed by atoms with Crippen LogP contribution in [0, 0.1) is 0 Å². The summed E-state index contributed by atoms with van der Waals surface area (Å²) in [7, 11) is 0. The zero-order valence-corrected chi connectivity index (χ0v) is 27.9. The van der Waals surface area contributed by atoms with Gasteiger partial charge in [-0.2, -0.15) is 0 Å². The molecule has 3 heterocycles. The molecule has 5 heteroatoms. The fourth-order valence-corrected chi connectivity index (χ4v) is 7.76. The largest absolute Gasteiger partial charge is 0.455 e. The fraction of sp³-hybridized carbons (Fsp3) is 0. The van der Waals surface area contributed by atoms with Gasteiger partial charge in [0.25, 0.3) is 0 Å². The normalized spacial score (nSPS) is 11.8. The summed E-state index contributed by atoms with van der Waals surface area (Å²) >= 11 is 0. The summed E-state index contributed by atoms with van der Waals surface area (Å²) in [6.45, 7) is 0. The molecule has 0 fully saturated rings. The third-order valence-electron chi connectivity index (χ3n) is 10.2. The van der Waals surface area contributed by atoms with Crippen LogP contribution in [0.3, 0.4) is 0 Å². The lowest BCUT2D eigenvalue weighted by Crippen LogP contribution is -2.01. The van der Waals surface area contributed by atoms with Gasteiger partial charge >= 0.3 is 0 Å². The maximum Gasteiger partial charge on any atom is 0.167 e. The van der Waals surface area contributed by atoms with Crippen LogP contribution < -0.4 is 0 Å². The Bertz CT molecular complexity index is 3190. The number of rotatable bonds is 4. The zero-order valence-electron chi connectivity index (χ0n) is 27.9. The highest BCUT2D eigenvalue weighted by Crippen LogP contribution is 2.43. The number of nitrogens with zero attached hydrogens (tertiary/aromatic N) is 4. The van der Waals surface area contributed by atoms with E-state index in [1.807, 2.05) is 42.5 Å². The van der Waals surface area contributed by atoms with E-state index in [1.165, 1.54) is 26.9 Å². The minimum atomic E-state index is 0.556. The van der Waals surface area contributed by atoms with Gasteiger partial charge in [-0.15, -0.1) is 0 Å². The molecule has 242 valence electrons. The lowest BCUT2D eigenvalue weighted by molar-refractivity contribution is 0.669. The summed E-state index contributed by atoms with van der Waals surface area (Å²) in [4.78, 5) is 15.3. The molecule has 0 aliphatic rings. The van der Waals surface area contributed by atoms with Crippen LogP contribution in [0.4, 0.5) is 0 Å². The Morgan fingerprint density at radius 2 is 1.04 bits per heavy atom. The molecule has 0 N–H and O–H groups in total. The van der Waals surface area contributed by atoms with Gasteiger partial charge in [0.15, 0.2) is 17.5 Å². The molecule has 0 aliphatic heterocycles. The first kappa shape index (κ1) is 28.7. The fourth-order valence-electron chi connectivity index (χ4n) is 7.76. The van der Waals surface area contributed by atoms with Crippen molar-refractivity contribution in [2.75, 3.05) is 0 Å². The van der Waals surface area contributed by atoms with Gasteiger partial charge in [-0.3, -0.25) is 0 Å². The van der Waals surface area contributed by atoms with E-state index in [1.54, 1.807) is 0 Å². The minimum absolute atomic E-state index is 0.556. The number of para-hydroxylation sites is 2. The molecule has 0 saturated heterocycles. The van der Waals surface area contributed by atoms with E-state index in [0.29, 0.717) is 17.5 Å². The van der Waals surface area contributed by atoms with E-state index < -0.39 is 0 Å². The summed E-state index contributed by atoms with van der Waals surface area (Å²) in [6.07, 6.45) is 0. The van der Waals surface area contributed by atoms with E-state index in [2.05, 4.69) is 132 Å². The van der Waals surface area contributed by atoms with E-state index in [0.717, 1.165) is 60.7 Å². The number of hydrogen-bond donors (Lipinski definition) is 0. The minimum Gasteiger partial charge on any atom is -0.455 e. The van der Waals surface area contributed by atoms with E-state index in [-0.39, 0.29) is 0 Å². The first-order chi connectivity index (χ1) is 25.8. The predicted octanol–water partition coefficient (Wildman–Crippen LogP) is 12.2. The van der Waals surface area contributed by atoms with Crippen LogP contribution in [0.15, 0.2) is 174 Å². The van der Waals surface area contributed by atoms with E-state index in [4.69, 9.17) is 19.4 Å². The van der Waals surface area contributed by atoms with Crippen molar-refractivity contribution in [2.24, 2.45) is 0 Å². The highest BCUT2D eigenvalue weighted by molar-refractivity contribution is 6.18. The molecule has 8 aromatic carbocycles. The van der Waals surface area contributed by atoms with E-state index in [9.17, 15) is 0 Å². The second-order valence-electron chi connectivity index (χ2n) is 13.2. The Hall–Kier alpha value is -7.11. The average molecular weight is 665 g/mol. The number of benzene rings is 8. The van der Waals surface area contributed by atoms with Crippen molar-refractivity contribution >= 4 is 65.3 Å². The predicted molar refractivity (Wildman–Crippen MR) is 213 cm³/mol. The van der Waals surface area contributed by atoms with Crippen molar-refractivity contribution in [3.8, 4) is 39.9 Å². The maximum absolute atomic E-state index is 6.81. The molecule has 0 saturated carbocycles. The molecule has 0 bridgehead atoms. The molecule has 0 atom stereocenters. The lowest BCUT2D eigenvalue weighted by Gasteiger charge is -2.13. The van der Waals surface area contributed by atoms with Crippen molar-refractivity contribution in [2.45, 2.75) is 0 Å². The average Bonchev–Trinajstić information content (AvgIpc) is 3.76. The summed E-state index contributed by atoms with van der Waals surface area (Å²) in [6, 6.07) is 59.2. The Kier molecular flexibility index (Phi) is 6.18. The third kappa shape index (κ3) is 4.39. The van der Waals surface area contributed by atoms with Crippen molar-refractivity contribution in [1.82, 2.24) is 19.5 Å². The maximum atomic E-state index is 6.81. The Labute approximate surface area is 298 Å². The number of aromatic nitrogens is 4. The van der Waals surface area contributed by atoms with Crippen molar-refractivity contribution < 1.29 is 4.42 Å². The number of furan rings is 1. The summed E-state index contributed by atoms with van der Waals surface area (Å²) in [5.74, 6) is 1.77. The van der Waals surface area contributed by atoms with Crippen molar-refractivity contribution in [1.29, 1.82) is 0 Å². The van der Waals surface area contributed by atoms with Crippen LogP contribution in [0.2, 0.25) is 0 Å². The lowest BCUT2D eigenvalue weighted by atomic mass is 10.0. The monoisotopic (exact) mass is 664 g/mol. The van der Waals surface area contributed by atoms with Crippen molar-refractivity contribution in [3.63, 3.8) is 0 Å². The quantitative estimate of drug-likeness (QED) is 0.188. The van der Waals surface area contributed by atoms with Gasteiger partial charge in [-0.1, -0.05) is 127 Å². The first-order valence-electron chi connectivity index (χ1n) is 17.4. The molecular weight excluding hydrogens is 637 g/mol. The first-order valence-corrected chi connectivity index (χ1v) is 17.4. The van der Waals surface area contributed by atoms with Gasteiger partial charge in [0.05, 0.1) is 27.7 Å². The highest BCUT2D eigenvalue weighted by Gasteiger charge is 2.23. The highest BCUT2D eigenvalue weighted by atomic mass is 16.3. The van der Waals surface area contributed by atoms with E-state index >= 15 is 0 Å². The number of hydrogen-bond acceptors (Lipinski definition) is 4. The zero-order chi connectivity index (χ0) is 34.2. The molecule has 0 amide bonds. The Balaban J connectivity index is 1.21. The Morgan fingerprint density at radius 3 is 1.87 bits per heavy atom. The molecule has 0 radical (unpaired) electrons. The molecule has 5 nitrogen and oxygen atoms in total. The molecule has 3 aromatic heterocycles. The van der Waals surface area contributed by atoms with Gasteiger partial charge < -0.3 is 8.98 Å². The topological polar surface area (TPSA) is 56.7 Å². The summed E-state index contributed by atoms with van der Waals surface area (Å²) in [5.41, 5.74) is 7.52. The molecule has 11 aromatic rings. The molecular formula is C47H28N4O.